The predicted molar refractivity (Wildman–Crippen MR) is 278 cm³/mol. The topological polar surface area (TPSA) is 51.8 Å². The molecule has 0 unspecified atom stereocenters. The molecule has 0 radical (unpaired) electrons. The summed E-state index contributed by atoms with van der Waals surface area (Å²) in [5.41, 5.74) is 17.0. The van der Waals surface area contributed by atoms with Gasteiger partial charge in [0, 0.05) is 49.6 Å². The smallest absolute Gasteiger partial charge is 0.164 e. The van der Waals surface area contributed by atoms with Crippen LogP contribution in [0.3, 0.4) is 0 Å². The van der Waals surface area contributed by atoms with Gasteiger partial charge in [-0.25, -0.2) is 15.0 Å². The van der Waals surface area contributed by atoms with Crippen molar-refractivity contribution in [3.63, 3.8) is 0 Å². The number of benzene rings is 9. The lowest BCUT2D eigenvalue weighted by Crippen LogP contribution is -2.17. The van der Waals surface area contributed by atoms with E-state index < -0.39 is 0 Å². The molecule has 12 aromatic rings. The van der Waals surface area contributed by atoms with Crippen LogP contribution in [-0.2, 0) is 0 Å². The van der Waals surface area contributed by atoms with Gasteiger partial charge in [0.2, 0.25) is 0 Å². The SMILES string of the molecule is Cc1ccc2c(c1)c1cc(C)ccc1n2-c1cc(-c2nc(-c3ccccc3)nc(-c3ccccc3)n2)cc(-n2c3ccc(C)cc3c3cc(C)ccc32)c1N(c1ccccc1)c1ccccc1. The van der Waals surface area contributed by atoms with Crippen molar-refractivity contribution in [1.82, 2.24) is 24.1 Å². The van der Waals surface area contributed by atoms with Crippen LogP contribution < -0.4 is 4.90 Å². The van der Waals surface area contributed by atoms with Crippen molar-refractivity contribution in [1.29, 1.82) is 0 Å². The molecule has 3 aromatic heterocycles. The van der Waals surface area contributed by atoms with Crippen molar-refractivity contribution < 1.29 is 0 Å². The second kappa shape index (κ2) is 16.1. The summed E-state index contributed by atoms with van der Waals surface area (Å²) in [6.07, 6.45) is 0. The lowest BCUT2D eigenvalue weighted by atomic mass is 10.0. The maximum Gasteiger partial charge on any atom is 0.164 e. The molecule has 0 N–H and O–H groups in total. The lowest BCUT2D eigenvalue weighted by Gasteiger charge is -2.31. The first-order chi connectivity index (χ1) is 32.9. The van der Waals surface area contributed by atoms with Crippen LogP contribution in [0, 0.1) is 27.7 Å². The highest BCUT2D eigenvalue weighted by Gasteiger charge is 2.29. The van der Waals surface area contributed by atoms with Gasteiger partial charge in [-0.15, -0.1) is 0 Å². The van der Waals surface area contributed by atoms with E-state index in [1.165, 1.54) is 43.8 Å². The summed E-state index contributed by atoms with van der Waals surface area (Å²) in [5, 5.41) is 4.79. The summed E-state index contributed by atoms with van der Waals surface area (Å²) in [6.45, 7) is 8.71. The molecule has 0 fully saturated rings. The van der Waals surface area contributed by atoms with Crippen molar-refractivity contribution in [2.45, 2.75) is 27.7 Å². The first-order valence-electron chi connectivity index (χ1n) is 22.9. The lowest BCUT2D eigenvalue weighted by molar-refractivity contribution is 1.06. The van der Waals surface area contributed by atoms with Crippen LogP contribution in [-0.4, -0.2) is 24.1 Å². The number of hydrogen-bond donors (Lipinski definition) is 0. The fraction of sp³-hybridized carbons (Fsp3) is 0.0656. The monoisotopic (exact) mass is 862 g/mol. The maximum absolute atomic E-state index is 5.38. The molecule has 0 atom stereocenters. The highest BCUT2D eigenvalue weighted by atomic mass is 15.2. The summed E-state index contributed by atoms with van der Waals surface area (Å²) in [4.78, 5) is 18.3. The average molecular weight is 863 g/mol. The molecule has 320 valence electrons. The molecule has 6 heteroatoms. The van der Waals surface area contributed by atoms with Gasteiger partial charge >= 0.3 is 0 Å². The third-order valence-electron chi connectivity index (χ3n) is 12.9. The molecule has 0 saturated heterocycles. The van der Waals surface area contributed by atoms with Gasteiger partial charge < -0.3 is 14.0 Å². The molecule has 6 nitrogen and oxygen atoms in total. The van der Waals surface area contributed by atoms with E-state index >= 15 is 0 Å². The maximum atomic E-state index is 5.38. The first-order valence-corrected chi connectivity index (χ1v) is 22.9. The van der Waals surface area contributed by atoms with Crippen LogP contribution >= 0.6 is 0 Å². The Kier molecular flexibility index (Phi) is 9.61. The van der Waals surface area contributed by atoms with Crippen molar-refractivity contribution in [3.8, 4) is 45.5 Å². The number of fused-ring (bicyclic) bond motifs is 6. The van der Waals surface area contributed by atoms with Crippen LogP contribution in [0.1, 0.15) is 22.3 Å². The third kappa shape index (κ3) is 6.93. The van der Waals surface area contributed by atoms with E-state index in [4.69, 9.17) is 15.0 Å². The predicted octanol–water partition coefficient (Wildman–Crippen LogP) is 15.8. The second-order valence-corrected chi connectivity index (χ2v) is 17.7. The molecule has 9 aromatic carbocycles. The molecule has 0 saturated carbocycles. The van der Waals surface area contributed by atoms with Gasteiger partial charge in [0.15, 0.2) is 17.5 Å². The number of anilines is 3. The number of rotatable bonds is 8. The summed E-state index contributed by atoms with van der Waals surface area (Å²) >= 11 is 0. The van der Waals surface area contributed by atoms with E-state index in [9.17, 15) is 0 Å². The molecule has 12 rings (SSSR count). The summed E-state index contributed by atoms with van der Waals surface area (Å²) in [7, 11) is 0. The molecule has 3 heterocycles. The Morgan fingerprint density at radius 3 is 0.940 bits per heavy atom. The first kappa shape index (κ1) is 39.9. The Labute approximate surface area is 389 Å². The van der Waals surface area contributed by atoms with Crippen LogP contribution in [0.5, 0.6) is 0 Å². The van der Waals surface area contributed by atoms with E-state index in [2.05, 4.69) is 212 Å². The Morgan fingerprint density at radius 1 is 0.313 bits per heavy atom. The second-order valence-electron chi connectivity index (χ2n) is 17.7. The fourth-order valence-electron chi connectivity index (χ4n) is 9.82. The molecule has 0 bridgehead atoms. The number of aryl methyl sites for hydroxylation is 4. The normalized spacial score (nSPS) is 11.6. The minimum atomic E-state index is 0.577. The van der Waals surface area contributed by atoms with Gasteiger partial charge in [-0.1, -0.05) is 144 Å². The van der Waals surface area contributed by atoms with E-state index in [0.29, 0.717) is 17.5 Å². The summed E-state index contributed by atoms with van der Waals surface area (Å²) in [6, 6.07) is 73.8. The molecule has 0 aliphatic carbocycles. The standard InChI is InChI=1S/C61H46N6/c1-39-25-29-52-48(33-39)49-34-40(2)26-30-53(49)66(52)56-37-45(61-63-59(43-17-9-5-10-18-43)62-60(64-61)44-19-11-6-12-20-44)38-57(58(56)65(46-21-13-7-14-22-46)47-23-15-8-16-24-47)67-54-31-27-41(3)35-50(54)51-36-42(4)28-32-55(51)67/h5-38H,1-4H3. The largest absolute Gasteiger partial charge is 0.307 e. The van der Waals surface area contributed by atoms with Gasteiger partial charge in [0.25, 0.3) is 0 Å². The third-order valence-corrected chi connectivity index (χ3v) is 12.9. The van der Waals surface area contributed by atoms with Crippen LogP contribution in [0.4, 0.5) is 17.1 Å². The van der Waals surface area contributed by atoms with Gasteiger partial charge in [-0.05, 0) is 113 Å². The zero-order valence-corrected chi connectivity index (χ0v) is 37.8. The van der Waals surface area contributed by atoms with E-state index in [-0.39, 0.29) is 0 Å². The summed E-state index contributed by atoms with van der Waals surface area (Å²) in [5.74, 6) is 1.79. The van der Waals surface area contributed by atoms with Crippen molar-refractivity contribution in [3.05, 3.63) is 229 Å². The highest BCUT2D eigenvalue weighted by molar-refractivity contribution is 6.13. The zero-order valence-electron chi connectivity index (χ0n) is 37.8. The number of para-hydroxylation sites is 2. The molecular weight excluding hydrogens is 817 g/mol. The Bertz CT molecular complexity index is 3470. The van der Waals surface area contributed by atoms with Crippen molar-refractivity contribution >= 4 is 60.7 Å². The molecule has 67 heavy (non-hydrogen) atoms. The average Bonchev–Trinajstić information content (AvgIpc) is 3.85. The molecule has 0 amide bonds. The van der Waals surface area contributed by atoms with Crippen LogP contribution in [0.2, 0.25) is 0 Å². The highest BCUT2D eigenvalue weighted by Crippen LogP contribution is 2.48. The minimum Gasteiger partial charge on any atom is -0.307 e. The Morgan fingerprint density at radius 2 is 0.612 bits per heavy atom. The quantitative estimate of drug-likeness (QED) is 0.153. The molecular formula is C61H46N6. The molecule has 0 aliphatic rings. The Balaban J connectivity index is 1.31. The van der Waals surface area contributed by atoms with Gasteiger partial charge in [-0.3, -0.25) is 0 Å². The summed E-state index contributed by atoms with van der Waals surface area (Å²) < 4.78 is 4.93. The number of nitrogens with zero attached hydrogens (tertiary/aromatic N) is 6. The van der Waals surface area contributed by atoms with Crippen molar-refractivity contribution in [2.24, 2.45) is 0 Å². The van der Waals surface area contributed by atoms with Crippen LogP contribution in [0.15, 0.2) is 206 Å². The van der Waals surface area contributed by atoms with Gasteiger partial charge in [-0.2, -0.15) is 0 Å². The van der Waals surface area contributed by atoms with E-state index in [0.717, 1.165) is 67.2 Å². The Hall–Kier alpha value is -8.61. The van der Waals surface area contributed by atoms with Crippen molar-refractivity contribution in [2.75, 3.05) is 4.90 Å². The minimum absolute atomic E-state index is 0.577. The number of aromatic nitrogens is 5. The van der Waals surface area contributed by atoms with Gasteiger partial charge in [0.05, 0.1) is 39.1 Å². The molecule has 0 aliphatic heterocycles. The van der Waals surface area contributed by atoms with E-state index in [1.807, 2.05) is 36.4 Å². The van der Waals surface area contributed by atoms with Crippen LogP contribution in [0.25, 0.3) is 89.2 Å². The molecule has 0 spiro atoms. The van der Waals surface area contributed by atoms with E-state index in [1.54, 1.807) is 0 Å². The fourth-order valence-corrected chi connectivity index (χ4v) is 9.82. The number of hydrogen-bond acceptors (Lipinski definition) is 4. The zero-order chi connectivity index (χ0) is 45.2. The van der Waals surface area contributed by atoms with Gasteiger partial charge in [0.1, 0.15) is 0 Å².